The summed E-state index contributed by atoms with van der Waals surface area (Å²) in [5, 5.41) is 3.25. The van der Waals surface area contributed by atoms with E-state index in [1.807, 2.05) is 30.0 Å². The van der Waals surface area contributed by atoms with Gasteiger partial charge in [0.15, 0.2) is 0 Å². The number of piperidine rings is 1. The summed E-state index contributed by atoms with van der Waals surface area (Å²) in [7, 11) is 0. The number of nitrogens with zero attached hydrogens (tertiary/aromatic N) is 5. The van der Waals surface area contributed by atoms with Crippen LogP contribution < -0.4 is 10.2 Å². The fourth-order valence-electron chi connectivity index (χ4n) is 6.44. The van der Waals surface area contributed by atoms with Gasteiger partial charge in [-0.05, 0) is 69.6 Å². The van der Waals surface area contributed by atoms with Gasteiger partial charge in [-0.2, -0.15) is 4.98 Å². The Bertz CT molecular complexity index is 1230. The number of anilines is 3. The molecule has 1 N–H and O–H groups in total. The van der Waals surface area contributed by atoms with Crippen LogP contribution in [0.4, 0.5) is 26.4 Å². The number of allylic oxidation sites excluding steroid dienone is 2. The molecule has 9 heteroatoms. The van der Waals surface area contributed by atoms with Crippen LogP contribution in [0.15, 0.2) is 36.5 Å². The first-order valence-electron chi connectivity index (χ1n) is 18.0. The van der Waals surface area contributed by atoms with Crippen molar-refractivity contribution < 1.29 is 13.6 Å². The highest BCUT2D eigenvalue weighted by molar-refractivity contribution is 5.76. The SMILES string of the molecule is CCCCCCCC/C=C\CCCCCCCC(=O)N1CCC(c2cc(Nc3cc(C)ccn3)nc(N3CCC(F)(F)C3)n2)CC1. The minimum Gasteiger partial charge on any atom is -0.343 e. The first-order chi connectivity index (χ1) is 22.3. The molecule has 2 saturated heterocycles. The summed E-state index contributed by atoms with van der Waals surface area (Å²) in [5.74, 6) is -0.825. The number of amides is 1. The van der Waals surface area contributed by atoms with Crippen molar-refractivity contribution in [1.82, 2.24) is 19.9 Å². The first kappa shape index (κ1) is 35.7. The van der Waals surface area contributed by atoms with Gasteiger partial charge in [0.05, 0.1) is 12.2 Å². The van der Waals surface area contributed by atoms with Crippen molar-refractivity contribution in [2.24, 2.45) is 0 Å². The molecule has 2 fully saturated rings. The van der Waals surface area contributed by atoms with Crippen LogP contribution >= 0.6 is 0 Å². The maximum atomic E-state index is 14.0. The van der Waals surface area contributed by atoms with Crippen molar-refractivity contribution in [2.45, 2.75) is 135 Å². The zero-order chi connectivity index (χ0) is 32.6. The third-order valence-corrected chi connectivity index (χ3v) is 9.28. The van der Waals surface area contributed by atoms with Crippen LogP contribution in [0.2, 0.25) is 0 Å². The summed E-state index contributed by atoms with van der Waals surface area (Å²) in [6.07, 6.45) is 24.7. The van der Waals surface area contributed by atoms with Gasteiger partial charge in [0.2, 0.25) is 11.9 Å². The number of carbonyl (C=O) groups excluding carboxylic acids is 1. The molecule has 0 bridgehead atoms. The topological polar surface area (TPSA) is 74.2 Å². The maximum Gasteiger partial charge on any atom is 0.267 e. The Morgan fingerprint density at radius 2 is 1.59 bits per heavy atom. The highest BCUT2D eigenvalue weighted by Gasteiger charge is 2.39. The van der Waals surface area contributed by atoms with E-state index in [9.17, 15) is 13.6 Å². The number of halogens is 2. The summed E-state index contributed by atoms with van der Waals surface area (Å²) in [6.45, 7) is 5.49. The Kier molecular flexibility index (Phi) is 14.7. The molecule has 7 nitrogen and oxygen atoms in total. The summed E-state index contributed by atoms with van der Waals surface area (Å²) in [5.41, 5.74) is 1.89. The highest BCUT2D eigenvalue weighted by atomic mass is 19.3. The molecule has 2 aliphatic rings. The minimum absolute atomic E-state index is 0.139. The first-order valence-corrected chi connectivity index (χ1v) is 18.0. The van der Waals surface area contributed by atoms with Crippen LogP contribution in [0.3, 0.4) is 0 Å². The number of likely N-dealkylation sites (tertiary alicyclic amines) is 1. The van der Waals surface area contributed by atoms with E-state index >= 15 is 0 Å². The third-order valence-electron chi connectivity index (χ3n) is 9.28. The lowest BCUT2D eigenvalue weighted by Gasteiger charge is -2.32. The van der Waals surface area contributed by atoms with Crippen molar-refractivity contribution >= 4 is 23.5 Å². The normalized spacial score (nSPS) is 16.9. The molecule has 254 valence electrons. The van der Waals surface area contributed by atoms with Gasteiger partial charge in [-0.1, -0.05) is 70.4 Å². The highest BCUT2D eigenvalue weighted by Crippen LogP contribution is 2.33. The third kappa shape index (κ3) is 12.3. The Balaban J connectivity index is 1.16. The Hall–Kier alpha value is -3.10. The van der Waals surface area contributed by atoms with Crippen LogP contribution in [-0.2, 0) is 4.79 Å². The molecule has 1 amide bonds. The van der Waals surface area contributed by atoms with Crippen LogP contribution in [-0.4, -0.2) is 57.9 Å². The second kappa shape index (κ2) is 18.9. The fourth-order valence-corrected chi connectivity index (χ4v) is 6.44. The predicted molar refractivity (Wildman–Crippen MR) is 184 cm³/mol. The fraction of sp³-hybridized carbons (Fsp3) is 0.676. The van der Waals surface area contributed by atoms with Crippen LogP contribution in [0.1, 0.15) is 133 Å². The molecule has 0 aromatic carbocycles. The van der Waals surface area contributed by atoms with Crippen molar-refractivity contribution in [1.29, 1.82) is 0 Å². The second-order valence-corrected chi connectivity index (χ2v) is 13.3. The van der Waals surface area contributed by atoms with Crippen LogP contribution in [0, 0.1) is 6.92 Å². The number of nitrogens with one attached hydrogen (secondary N) is 1. The van der Waals surface area contributed by atoms with Crippen molar-refractivity contribution in [2.75, 3.05) is 36.4 Å². The molecule has 4 heterocycles. The number of pyridine rings is 1. The summed E-state index contributed by atoms with van der Waals surface area (Å²) in [6, 6.07) is 5.75. The second-order valence-electron chi connectivity index (χ2n) is 13.3. The molecule has 0 radical (unpaired) electrons. The lowest BCUT2D eigenvalue weighted by molar-refractivity contribution is -0.132. The number of hydrogen-bond donors (Lipinski definition) is 1. The number of unbranched alkanes of at least 4 members (excludes halogenated alkanes) is 11. The number of aryl methyl sites for hydroxylation is 1. The molecular formula is C37H56F2N6O. The van der Waals surface area contributed by atoms with Gasteiger partial charge < -0.3 is 15.1 Å². The molecule has 2 aromatic rings. The van der Waals surface area contributed by atoms with E-state index in [2.05, 4.69) is 34.4 Å². The lowest BCUT2D eigenvalue weighted by Crippen LogP contribution is -2.38. The Morgan fingerprint density at radius 1 is 0.913 bits per heavy atom. The summed E-state index contributed by atoms with van der Waals surface area (Å²) in [4.78, 5) is 30.3. The van der Waals surface area contributed by atoms with Gasteiger partial charge in [-0.15, -0.1) is 0 Å². The molecule has 2 aliphatic heterocycles. The number of alkyl halides is 2. The number of aromatic nitrogens is 3. The average molecular weight is 639 g/mol. The van der Waals surface area contributed by atoms with Gasteiger partial charge in [0.1, 0.15) is 11.6 Å². The summed E-state index contributed by atoms with van der Waals surface area (Å²) < 4.78 is 28.1. The Labute approximate surface area is 275 Å². The van der Waals surface area contributed by atoms with Gasteiger partial charge in [-0.3, -0.25) is 4.79 Å². The van der Waals surface area contributed by atoms with E-state index in [-0.39, 0.29) is 31.3 Å². The van der Waals surface area contributed by atoms with E-state index in [1.54, 1.807) is 11.1 Å². The monoisotopic (exact) mass is 638 g/mol. The zero-order valence-electron chi connectivity index (χ0n) is 28.3. The summed E-state index contributed by atoms with van der Waals surface area (Å²) >= 11 is 0. The van der Waals surface area contributed by atoms with Crippen molar-refractivity contribution in [3.8, 4) is 0 Å². The van der Waals surface area contributed by atoms with Gasteiger partial charge >= 0.3 is 0 Å². The molecule has 0 atom stereocenters. The van der Waals surface area contributed by atoms with E-state index in [4.69, 9.17) is 4.98 Å². The van der Waals surface area contributed by atoms with Gasteiger partial charge in [0, 0.05) is 50.7 Å². The average Bonchev–Trinajstić information content (AvgIpc) is 3.42. The van der Waals surface area contributed by atoms with E-state index in [0.29, 0.717) is 37.1 Å². The maximum absolute atomic E-state index is 14.0. The number of carbonyl (C=O) groups is 1. The molecule has 0 saturated carbocycles. The smallest absolute Gasteiger partial charge is 0.267 e. The number of hydrogen-bond acceptors (Lipinski definition) is 6. The largest absolute Gasteiger partial charge is 0.343 e. The van der Waals surface area contributed by atoms with Crippen molar-refractivity contribution in [3.63, 3.8) is 0 Å². The Morgan fingerprint density at radius 3 is 2.24 bits per heavy atom. The molecule has 0 unspecified atom stereocenters. The molecular weight excluding hydrogens is 582 g/mol. The van der Waals surface area contributed by atoms with E-state index in [0.717, 1.165) is 36.9 Å². The van der Waals surface area contributed by atoms with E-state index < -0.39 is 5.92 Å². The molecule has 4 rings (SSSR count). The van der Waals surface area contributed by atoms with Gasteiger partial charge in [-0.25, -0.2) is 18.7 Å². The van der Waals surface area contributed by atoms with Crippen LogP contribution in [0.5, 0.6) is 0 Å². The molecule has 0 spiro atoms. The van der Waals surface area contributed by atoms with Crippen LogP contribution in [0.25, 0.3) is 0 Å². The van der Waals surface area contributed by atoms with Gasteiger partial charge in [0.25, 0.3) is 5.92 Å². The molecule has 2 aromatic heterocycles. The molecule has 46 heavy (non-hydrogen) atoms. The lowest BCUT2D eigenvalue weighted by atomic mass is 9.93. The standard InChI is InChI=1S/C37H56F2N6O/c1-3-4-5-6-7-8-9-10-11-12-13-14-15-16-17-18-35(46)44-24-20-31(21-25-44)32-28-34(42-33-27-30(2)19-23-40-33)43-36(41-32)45-26-22-37(38,39)29-45/h10-11,19,23,27-28,31H,3-9,12-18,20-22,24-26,29H2,1-2H3,(H,40,41,42,43)/b11-10-. The molecule has 0 aliphatic carbocycles. The van der Waals surface area contributed by atoms with E-state index in [1.165, 1.54) is 70.6 Å². The zero-order valence-corrected chi connectivity index (χ0v) is 28.3. The number of rotatable bonds is 19. The predicted octanol–water partition coefficient (Wildman–Crippen LogP) is 9.51. The minimum atomic E-state index is -2.74. The quantitative estimate of drug-likeness (QED) is 0.122. The van der Waals surface area contributed by atoms with Crippen molar-refractivity contribution in [3.05, 3.63) is 47.8 Å².